The van der Waals surface area contributed by atoms with Crippen LogP contribution >= 0.6 is 11.3 Å². The van der Waals surface area contributed by atoms with Crippen molar-refractivity contribution < 1.29 is 9.90 Å². The fourth-order valence-corrected chi connectivity index (χ4v) is 3.70. The minimum Gasteiger partial charge on any atom is -0.480 e. The molecule has 0 saturated carbocycles. The summed E-state index contributed by atoms with van der Waals surface area (Å²) in [6.07, 6.45) is 0. The molecule has 2 aromatic heterocycles. The highest BCUT2D eigenvalue weighted by atomic mass is 32.1. The highest BCUT2D eigenvalue weighted by molar-refractivity contribution is 7.17. The smallest absolute Gasteiger partial charge is 0.330 e. The predicted molar refractivity (Wildman–Crippen MR) is 98.6 cm³/mol. The number of carbonyl (C=O) groups is 1. The second kappa shape index (κ2) is 5.70. The van der Waals surface area contributed by atoms with E-state index in [2.05, 4.69) is 4.98 Å². The van der Waals surface area contributed by atoms with Gasteiger partial charge >= 0.3 is 11.7 Å². The average molecular weight is 358 g/mol. The molecule has 0 aliphatic carbocycles. The summed E-state index contributed by atoms with van der Waals surface area (Å²) in [5.74, 6) is -1.25. The first-order chi connectivity index (χ1) is 11.6. The molecule has 0 spiro atoms. The van der Waals surface area contributed by atoms with Gasteiger partial charge in [-0.1, -0.05) is 18.2 Å². The van der Waals surface area contributed by atoms with E-state index in [-0.39, 0.29) is 0 Å². The maximum Gasteiger partial charge on any atom is 0.330 e. The van der Waals surface area contributed by atoms with Crippen LogP contribution in [-0.4, -0.2) is 20.6 Å². The number of rotatable bonds is 3. The second-order valence-corrected chi connectivity index (χ2v) is 7.47. The van der Waals surface area contributed by atoms with Gasteiger partial charge in [0.25, 0.3) is 5.56 Å². The summed E-state index contributed by atoms with van der Waals surface area (Å²) in [5, 5.41) is 11.6. The Morgan fingerprint density at radius 3 is 2.48 bits per heavy atom. The fourth-order valence-electron chi connectivity index (χ4n) is 2.74. The zero-order chi connectivity index (χ0) is 18.5. The number of aromatic nitrogens is 2. The van der Waals surface area contributed by atoms with Gasteiger partial charge in [0.05, 0.1) is 5.39 Å². The van der Waals surface area contributed by atoms with Gasteiger partial charge in [-0.2, -0.15) is 0 Å². The molecule has 0 aliphatic heterocycles. The molecular formula is C18H18N2O4S. The van der Waals surface area contributed by atoms with Gasteiger partial charge in [-0.25, -0.2) is 14.2 Å². The van der Waals surface area contributed by atoms with Gasteiger partial charge in [0.15, 0.2) is 0 Å². The zero-order valence-electron chi connectivity index (χ0n) is 14.3. The molecule has 2 heterocycles. The number of aliphatic carboxylic acids is 1. The molecule has 0 radical (unpaired) electrons. The molecule has 0 aliphatic rings. The van der Waals surface area contributed by atoms with Crippen LogP contribution in [0.5, 0.6) is 0 Å². The molecule has 3 rings (SSSR count). The molecule has 130 valence electrons. The highest BCUT2D eigenvalue weighted by Gasteiger charge is 2.33. The Balaban J connectivity index is 2.38. The van der Waals surface area contributed by atoms with E-state index in [1.165, 1.54) is 25.2 Å². The van der Waals surface area contributed by atoms with Crippen LogP contribution in [0.4, 0.5) is 0 Å². The Hall–Kier alpha value is -2.67. The molecule has 0 unspecified atom stereocenters. The molecular weight excluding hydrogens is 340 g/mol. The normalized spacial score (nSPS) is 11.8. The largest absolute Gasteiger partial charge is 0.480 e. The van der Waals surface area contributed by atoms with Crippen LogP contribution in [0.25, 0.3) is 21.3 Å². The average Bonchev–Trinajstić information content (AvgIpc) is 2.93. The summed E-state index contributed by atoms with van der Waals surface area (Å²) in [7, 11) is 0. The van der Waals surface area contributed by atoms with E-state index in [1.807, 2.05) is 37.4 Å². The number of nitrogens with zero attached hydrogens (tertiary/aromatic N) is 1. The number of fused-ring (bicyclic) bond motifs is 1. The summed E-state index contributed by atoms with van der Waals surface area (Å²) in [4.78, 5) is 39.9. The van der Waals surface area contributed by atoms with Crippen LogP contribution in [0.15, 0.2) is 33.2 Å². The Bertz CT molecular complexity index is 1120. The predicted octanol–water partition coefficient (Wildman–Crippen LogP) is 2.85. The third-order valence-corrected chi connectivity index (χ3v) is 5.43. The molecule has 0 atom stereocenters. The number of hydrogen-bond acceptors (Lipinski definition) is 4. The number of nitrogens with one attached hydrogen (secondary N) is 1. The molecule has 2 N–H and O–H groups in total. The number of hydrogen-bond donors (Lipinski definition) is 2. The van der Waals surface area contributed by atoms with Gasteiger partial charge in [-0.15, -0.1) is 11.3 Å². The topological polar surface area (TPSA) is 92.2 Å². The minimum absolute atomic E-state index is 0.335. The van der Waals surface area contributed by atoms with Crippen LogP contribution in [0.1, 0.15) is 25.0 Å². The number of aromatic amines is 1. The SMILES string of the molecule is Cc1ccc(-c2csc3[nH]c(=O)n(C(C)(C)C(=O)O)c(=O)c23)cc1C. The van der Waals surface area contributed by atoms with Gasteiger partial charge in [-0.05, 0) is 44.4 Å². The maximum atomic E-state index is 13.0. The molecule has 0 saturated heterocycles. The number of benzene rings is 1. The van der Waals surface area contributed by atoms with E-state index < -0.39 is 22.8 Å². The first kappa shape index (κ1) is 17.2. The van der Waals surface area contributed by atoms with Gasteiger partial charge in [0, 0.05) is 10.9 Å². The lowest BCUT2D eigenvalue weighted by Gasteiger charge is -2.21. The van der Waals surface area contributed by atoms with Gasteiger partial charge in [0.2, 0.25) is 0 Å². The Labute approximate surface area is 147 Å². The Morgan fingerprint density at radius 1 is 1.20 bits per heavy atom. The summed E-state index contributed by atoms with van der Waals surface area (Å²) in [5.41, 5.74) is 0.811. The van der Waals surface area contributed by atoms with E-state index in [0.717, 1.165) is 21.3 Å². The summed E-state index contributed by atoms with van der Waals surface area (Å²) in [6.45, 7) is 6.66. The second-order valence-electron chi connectivity index (χ2n) is 6.59. The number of aryl methyl sites for hydroxylation is 2. The van der Waals surface area contributed by atoms with Gasteiger partial charge < -0.3 is 5.11 Å². The van der Waals surface area contributed by atoms with Crippen molar-refractivity contribution in [3.8, 4) is 11.1 Å². The Morgan fingerprint density at radius 2 is 1.88 bits per heavy atom. The first-order valence-corrected chi connectivity index (χ1v) is 8.60. The standard InChI is InChI=1S/C18H18N2O4S/c1-9-5-6-11(7-10(9)2)12-8-25-14-13(12)15(21)20(17(24)19-14)18(3,4)16(22)23/h5-8H,1-4H3,(H,19,24)(H,22,23). The third kappa shape index (κ3) is 2.60. The molecule has 0 bridgehead atoms. The molecule has 25 heavy (non-hydrogen) atoms. The van der Waals surface area contributed by atoms with E-state index in [4.69, 9.17) is 0 Å². The molecule has 1 aromatic carbocycles. The van der Waals surface area contributed by atoms with Crippen LogP contribution in [0, 0.1) is 13.8 Å². The molecule has 6 nitrogen and oxygen atoms in total. The highest BCUT2D eigenvalue weighted by Crippen LogP contribution is 2.31. The van der Waals surface area contributed by atoms with E-state index >= 15 is 0 Å². The molecule has 7 heteroatoms. The third-order valence-electron chi connectivity index (χ3n) is 4.53. The van der Waals surface area contributed by atoms with E-state index in [9.17, 15) is 19.5 Å². The summed E-state index contributed by atoms with van der Waals surface area (Å²) in [6, 6.07) is 5.87. The van der Waals surface area contributed by atoms with Gasteiger partial charge in [0.1, 0.15) is 10.4 Å². The number of thiophene rings is 1. The van der Waals surface area contributed by atoms with Crippen LogP contribution in [0.3, 0.4) is 0 Å². The first-order valence-electron chi connectivity index (χ1n) is 7.72. The van der Waals surface area contributed by atoms with Crippen molar-refractivity contribution in [2.75, 3.05) is 0 Å². The maximum absolute atomic E-state index is 13.0. The molecule has 3 aromatic rings. The summed E-state index contributed by atoms with van der Waals surface area (Å²) < 4.78 is 0.773. The van der Waals surface area contributed by atoms with Crippen LogP contribution in [0.2, 0.25) is 0 Å². The van der Waals surface area contributed by atoms with Crippen molar-refractivity contribution in [1.29, 1.82) is 0 Å². The monoisotopic (exact) mass is 358 g/mol. The number of carboxylic acid groups (broad SMARTS) is 1. The lowest BCUT2D eigenvalue weighted by atomic mass is 10.0. The zero-order valence-corrected chi connectivity index (χ0v) is 15.2. The fraction of sp³-hybridized carbons (Fsp3) is 0.278. The van der Waals surface area contributed by atoms with E-state index in [1.54, 1.807) is 0 Å². The number of carboxylic acids is 1. The quantitative estimate of drug-likeness (QED) is 0.753. The molecule has 0 fully saturated rings. The van der Waals surface area contributed by atoms with Crippen molar-refractivity contribution >= 4 is 27.5 Å². The summed E-state index contributed by atoms with van der Waals surface area (Å²) >= 11 is 1.26. The van der Waals surface area contributed by atoms with Crippen molar-refractivity contribution in [3.63, 3.8) is 0 Å². The Kier molecular flexibility index (Phi) is 3.91. The van der Waals surface area contributed by atoms with Crippen molar-refractivity contribution in [2.24, 2.45) is 0 Å². The lowest BCUT2D eigenvalue weighted by Crippen LogP contribution is -2.50. The van der Waals surface area contributed by atoms with Crippen molar-refractivity contribution in [3.05, 3.63) is 55.5 Å². The number of H-pyrrole nitrogens is 1. The van der Waals surface area contributed by atoms with Gasteiger partial charge in [-0.3, -0.25) is 9.78 Å². The molecule has 0 amide bonds. The van der Waals surface area contributed by atoms with Crippen LogP contribution < -0.4 is 11.2 Å². The van der Waals surface area contributed by atoms with E-state index in [0.29, 0.717) is 15.8 Å². The minimum atomic E-state index is -1.65. The lowest BCUT2D eigenvalue weighted by molar-refractivity contribution is -0.146. The van der Waals surface area contributed by atoms with Crippen molar-refractivity contribution in [1.82, 2.24) is 9.55 Å². The van der Waals surface area contributed by atoms with Crippen molar-refractivity contribution in [2.45, 2.75) is 33.2 Å². The van der Waals surface area contributed by atoms with Crippen LogP contribution in [-0.2, 0) is 10.3 Å².